The van der Waals surface area contributed by atoms with Gasteiger partial charge >= 0.3 is 0 Å². The number of phenols is 1. The SMILES string of the molecule is CC#CCCNC1CCc2cc(O)ccc21. The number of nitrogens with one attached hydrogen (secondary N) is 1. The third-order valence-corrected chi connectivity index (χ3v) is 3.02. The monoisotopic (exact) mass is 215 g/mol. The molecular formula is C14H17NO. The minimum absolute atomic E-state index is 0.372. The second-order valence-electron chi connectivity index (χ2n) is 4.11. The fourth-order valence-electron chi connectivity index (χ4n) is 2.25. The molecule has 1 atom stereocenters. The van der Waals surface area contributed by atoms with Crippen molar-refractivity contribution in [2.75, 3.05) is 6.54 Å². The first-order chi connectivity index (χ1) is 7.81. The van der Waals surface area contributed by atoms with Crippen LogP contribution in [0.3, 0.4) is 0 Å². The Kier molecular flexibility index (Phi) is 3.48. The predicted octanol–water partition coefficient (Wildman–Crippen LogP) is 2.38. The van der Waals surface area contributed by atoms with E-state index in [0.29, 0.717) is 11.8 Å². The van der Waals surface area contributed by atoms with Gasteiger partial charge in [0.15, 0.2) is 0 Å². The van der Waals surface area contributed by atoms with E-state index in [-0.39, 0.29) is 0 Å². The molecule has 1 aromatic carbocycles. The number of rotatable bonds is 3. The summed E-state index contributed by atoms with van der Waals surface area (Å²) in [4.78, 5) is 0. The van der Waals surface area contributed by atoms with Gasteiger partial charge in [0.05, 0.1) is 0 Å². The molecule has 0 bridgehead atoms. The van der Waals surface area contributed by atoms with Crippen molar-refractivity contribution in [2.24, 2.45) is 0 Å². The Bertz CT molecular complexity index is 428. The van der Waals surface area contributed by atoms with Crippen LogP contribution in [0.2, 0.25) is 0 Å². The van der Waals surface area contributed by atoms with Crippen LogP contribution in [0.25, 0.3) is 0 Å². The number of phenolic OH excluding ortho intramolecular Hbond substituents is 1. The summed E-state index contributed by atoms with van der Waals surface area (Å²) in [5.74, 6) is 6.32. The molecule has 0 radical (unpaired) electrons. The Morgan fingerprint density at radius 3 is 3.19 bits per heavy atom. The zero-order valence-corrected chi connectivity index (χ0v) is 9.59. The molecule has 1 aliphatic rings. The van der Waals surface area contributed by atoms with Crippen molar-refractivity contribution in [3.05, 3.63) is 29.3 Å². The smallest absolute Gasteiger partial charge is 0.115 e. The molecule has 84 valence electrons. The molecule has 1 aromatic rings. The van der Waals surface area contributed by atoms with Gasteiger partial charge in [-0.25, -0.2) is 0 Å². The molecule has 0 saturated carbocycles. The molecule has 1 aliphatic carbocycles. The molecule has 2 rings (SSSR count). The molecule has 0 heterocycles. The number of fused-ring (bicyclic) bond motifs is 1. The van der Waals surface area contributed by atoms with E-state index in [1.807, 2.05) is 19.1 Å². The van der Waals surface area contributed by atoms with Gasteiger partial charge in [-0.1, -0.05) is 6.07 Å². The van der Waals surface area contributed by atoms with E-state index in [2.05, 4.69) is 17.2 Å². The van der Waals surface area contributed by atoms with Crippen molar-refractivity contribution < 1.29 is 5.11 Å². The van der Waals surface area contributed by atoms with E-state index in [9.17, 15) is 5.11 Å². The first-order valence-corrected chi connectivity index (χ1v) is 5.76. The molecular weight excluding hydrogens is 198 g/mol. The summed E-state index contributed by atoms with van der Waals surface area (Å²) >= 11 is 0. The Balaban J connectivity index is 1.97. The molecule has 2 nitrogen and oxygen atoms in total. The highest BCUT2D eigenvalue weighted by molar-refractivity contribution is 5.40. The summed E-state index contributed by atoms with van der Waals surface area (Å²) in [7, 11) is 0. The lowest BCUT2D eigenvalue weighted by molar-refractivity contribution is 0.474. The summed E-state index contributed by atoms with van der Waals surface area (Å²) in [6, 6.07) is 6.11. The molecule has 0 aliphatic heterocycles. The third-order valence-electron chi connectivity index (χ3n) is 3.02. The highest BCUT2D eigenvalue weighted by Gasteiger charge is 2.21. The zero-order valence-electron chi connectivity index (χ0n) is 9.59. The summed E-state index contributed by atoms with van der Waals surface area (Å²) in [5.41, 5.74) is 2.61. The first kappa shape index (κ1) is 11.0. The van der Waals surface area contributed by atoms with Crippen molar-refractivity contribution in [3.63, 3.8) is 0 Å². The number of hydrogen-bond acceptors (Lipinski definition) is 2. The highest BCUT2D eigenvalue weighted by Crippen LogP contribution is 2.32. The third kappa shape index (κ3) is 2.37. The molecule has 0 saturated heterocycles. The van der Waals surface area contributed by atoms with Crippen LogP contribution >= 0.6 is 0 Å². The maximum absolute atomic E-state index is 9.39. The van der Waals surface area contributed by atoms with Gasteiger partial charge in [0, 0.05) is 19.0 Å². The van der Waals surface area contributed by atoms with E-state index in [4.69, 9.17) is 0 Å². The second-order valence-corrected chi connectivity index (χ2v) is 4.11. The number of benzene rings is 1. The number of aromatic hydroxyl groups is 1. The van der Waals surface area contributed by atoms with Gasteiger partial charge in [0.2, 0.25) is 0 Å². The predicted molar refractivity (Wildman–Crippen MR) is 65.2 cm³/mol. The molecule has 0 aromatic heterocycles. The van der Waals surface area contributed by atoms with E-state index in [1.165, 1.54) is 11.1 Å². The summed E-state index contributed by atoms with van der Waals surface area (Å²) in [6.45, 7) is 2.81. The summed E-state index contributed by atoms with van der Waals surface area (Å²) < 4.78 is 0. The van der Waals surface area contributed by atoms with Crippen LogP contribution < -0.4 is 5.32 Å². The standard InChI is InChI=1S/C14H17NO/c1-2-3-4-9-15-14-8-5-11-10-12(16)6-7-13(11)14/h6-7,10,14-16H,4-5,8-9H2,1H3. The van der Waals surface area contributed by atoms with Gasteiger partial charge in [-0.3, -0.25) is 0 Å². The molecule has 16 heavy (non-hydrogen) atoms. The highest BCUT2D eigenvalue weighted by atomic mass is 16.3. The van der Waals surface area contributed by atoms with Crippen LogP contribution in [0.15, 0.2) is 18.2 Å². The minimum atomic E-state index is 0.372. The molecule has 0 amide bonds. The Morgan fingerprint density at radius 1 is 1.50 bits per heavy atom. The van der Waals surface area contributed by atoms with Crippen molar-refractivity contribution >= 4 is 0 Å². The zero-order chi connectivity index (χ0) is 11.4. The largest absolute Gasteiger partial charge is 0.508 e. The first-order valence-electron chi connectivity index (χ1n) is 5.76. The van der Waals surface area contributed by atoms with Gasteiger partial charge in [0.1, 0.15) is 5.75 Å². The Hall–Kier alpha value is -1.46. The average molecular weight is 215 g/mol. The van der Waals surface area contributed by atoms with Crippen LogP contribution in [0.5, 0.6) is 5.75 Å². The van der Waals surface area contributed by atoms with Crippen molar-refractivity contribution in [1.82, 2.24) is 5.32 Å². The maximum atomic E-state index is 9.39. The molecule has 2 N–H and O–H groups in total. The van der Waals surface area contributed by atoms with E-state index in [0.717, 1.165) is 25.8 Å². The normalized spacial score (nSPS) is 17.7. The van der Waals surface area contributed by atoms with E-state index < -0.39 is 0 Å². The Labute approximate surface area is 96.7 Å². The number of hydrogen-bond donors (Lipinski definition) is 2. The molecule has 0 fully saturated rings. The fraction of sp³-hybridized carbons (Fsp3) is 0.429. The molecule has 0 spiro atoms. The van der Waals surface area contributed by atoms with Crippen molar-refractivity contribution in [3.8, 4) is 17.6 Å². The minimum Gasteiger partial charge on any atom is -0.508 e. The number of aryl methyl sites for hydroxylation is 1. The lowest BCUT2D eigenvalue weighted by Crippen LogP contribution is -2.19. The molecule has 1 unspecified atom stereocenters. The summed E-state index contributed by atoms with van der Waals surface area (Å²) in [5, 5.41) is 12.9. The van der Waals surface area contributed by atoms with Gasteiger partial charge < -0.3 is 10.4 Å². The lowest BCUT2D eigenvalue weighted by atomic mass is 10.1. The van der Waals surface area contributed by atoms with Crippen LogP contribution in [0.4, 0.5) is 0 Å². The average Bonchev–Trinajstić information content (AvgIpc) is 2.67. The van der Waals surface area contributed by atoms with Gasteiger partial charge in [-0.2, -0.15) is 0 Å². The fourth-order valence-corrected chi connectivity index (χ4v) is 2.25. The second kappa shape index (κ2) is 5.05. The molecule has 2 heteroatoms. The van der Waals surface area contributed by atoms with Crippen LogP contribution in [0.1, 0.15) is 36.9 Å². The van der Waals surface area contributed by atoms with Gasteiger partial charge in [0.25, 0.3) is 0 Å². The van der Waals surface area contributed by atoms with Gasteiger partial charge in [-0.05, 0) is 43.0 Å². The topological polar surface area (TPSA) is 32.3 Å². The van der Waals surface area contributed by atoms with Crippen molar-refractivity contribution in [2.45, 2.75) is 32.2 Å². The maximum Gasteiger partial charge on any atom is 0.115 e. The van der Waals surface area contributed by atoms with Gasteiger partial charge in [-0.15, -0.1) is 11.8 Å². The van der Waals surface area contributed by atoms with Crippen molar-refractivity contribution in [1.29, 1.82) is 0 Å². The van der Waals surface area contributed by atoms with Crippen LogP contribution in [-0.2, 0) is 6.42 Å². The summed E-state index contributed by atoms with van der Waals surface area (Å²) in [6.07, 6.45) is 3.08. The van der Waals surface area contributed by atoms with Crippen LogP contribution in [-0.4, -0.2) is 11.7 Å². The van der Waals surface area contributed by atoms with E-state index in [1.54, 1.807) is 6.07 Å². The quantitative estimate of drug-likeness (QED) is 0.599. The lowest BCUT2D eigenvalue weighted by Gasteiger charge is -2.12. The Morgan fingerprint density at radius 2 is 2.38 bits per heavy atom. The van der Waals surface area contributed by atoms with Crippen LogP contribution in [0, 0.1) is 11.8 Å². The van der Waals surface area contributed by atoms with E-state index >= 15 is 0 Å².